The zero-order valence-electron chi connectivity index (χ0n) is 14.5. The quantitative estimate of drug-likeness (QED) is 0.880. The zero-order chi connectivity index (χ0) is 19.3. The highest BCUT2D eigenvalue weighted by Crippen LogP contribution is 2.58. The van der Waals surface area contributed by atoms with Crippen LogP contribution in [0.5, 0.6) is 0 Å². The average molecular weight is 373 g/mol. The fourth-order valence-electron chi connectivity index (χ4n) is 3.93. The molecule has 0 spiro atoms. The molecule has 1 aromatic carbocycles. The summed E-state index contributed by atoms with van der Waals surface area (Å²) in [4.78, 5) is 24.1. The number of nitriles is 1. The van der Waals surface area contributed by atoms with Gasteiger partial charge in [0.05, 0.1) is 30.8 Å². The standard InChI is InChI=1S/C19H17F2N3O3/c1-9(25)23-7-12-8-24(19(26)27-12)11-4-16(20)18(17(21)5-11)10-2-13-14(3-10)15(13)6-22/h2,4-5,12-15H,3,7-8H2,1H3,(H,23,25)/t12-,13+,14-,15-/m0/s1. The molecular formula is C19H17F2N3O3. The highest BCUT2D eigenvalue weighted by molar-refractivity contribution is 5.90. The van der Waals surface area contributed by atoms with E-state index in [1.807, 2.05) is 0 Å². The van der Waals surface area contributed by atoms with Gasteiger partial charge in [-0.1, -0.05) is 6.08 Å². The minimum Gasteiger partial charge on any atom is -0.442 e. The second-order valence-corrected chi connectivity index (χ2v) is 7.13. The molecule has 3 aliphatic rings. The number of nitrogens with one attached hydrogen (secondary N) is 1. The summed E-state index contributed by atoms with van der Waals surface area (Å²) >= 11 is 0. The summed E-state index contributed by atoms with van der Waals surface area (Å²) in [6.45, 7) is 1.57. The van der Waals surface area contributed by atoms with Crippen molar-refractivity contribution in [2.24, 2.45) is 17.8 Å². The molecular weight excluding hydrogens is 356 g/mol. The van der Waals surface area contributed by atoms with Crippen LogP contribution in [0.3, 0.4) is 0 Å². The van der Waals surface area contributed by atoms with E-state index in [0.29, 0.717) is 12.0 Å². The second-order valence-electron chi connectivity index (χ2n) is 7.13. The third-order valence-corrected chi connectivity index (χ3v) is 5.34. The number of amides is 2. The summed E-state index contributed by atoms with van der Waals surface area (Å²) in [6.07, 6.45) is 0.975. The number of anilines is 1. The van der Waals surface area contributed by atoms with Crippen molar-refractivity contribution in [2.75, 3.05) is 18.0 Å². The van der Waals surface area contributed by atoms with Crippen LogP contribution < -0.4 is 10.2 Å². The average Bonchev–Trinajstić information content (AvgIpc) is 2.92. The lowest BCUT2D eigenvalue weighted by molar-refractivity contribution is -0.119. The molecule has 140 valence electrons. The van der Waals surface area contributed by atoms with Crippen molar-refractivity contribution >= 4 is 23.3 Å². The van der Waals surface area contributed by atoms with E-state index in [1.165, 1.54) is 6.92 Å². The fraction of sp³-hybridized carbons (Fsp3) is 0.421. The highest BCUT2D eigenvalue weighted by Gasteiger charge is 2.53. The van der Waals surface area contributed by atoms with Gasteiger partial charge >= 0.3 is 6.09 Å². The molecule has 0 unspecified atom stereocenters. The summed E-state index contributed by atoms with van der Waals surface area (Å²) in [5, 5.41) is 11.5. The van der Waals surface area contributed by atoms with Gasteiger partial charge in [0.1, 0.15) is 17.7 Å². The van der Waals surface area contributed by atoms with Crippen LogP contribution in [0.4, 0.5) is 19.3 Å². The summed E-state index contributed by atoms with van der Waals surface area (Å²) in [6, 6.07) is 4.43. The van der Waals surface area contributed by atoms with Gasteiger partial charge in [-0.2, -0.15) is 5.26 Å². The molecule has 2 aliphatic carbocycles. The maximum atomic E-state index is 14.6. The van der Waals surface area contributed by atoms with E-state index in [2.05, 4.69) is 11.4 Å². The van der Waals surface area contributed by atoms with Crippen LogP contribution in [0.15, 0.2) is 18.2 Å². The first-order valence-corrected chi connectivity index (χ1v) is 8.71. The minimum atomic E-state index is -0.746. The number of rotatable bonds is 4. The first-order chi connectivity index (χ1) is 12.9. The lowest BCUT2D eigenvalue weighted by atomic mass is 9.99. The number of fused-ring (bicyclic) bond motifs is 1. The Balaban J connectivity index is 1.53. The van der Waals surface area contributed by atoms with E-state index in [4.69, 9.17) is 10.00 Å². The van der Waals surface area contributed by atoms with Gasteiger partial charge in [-0.05, 0) is 36.0 Å². The van der Waals surface area contributed by atoms with E-state index >= 15 is 0 Å². The van der Waals surface area contributed by atoms with Crippen LogP contribution in [0.2, 0.25) is 0 Å². The molecule has 1 aliphatic heterocycles. The monoisotopic (exact) mass is 373 g/mol. The van der Waals surface area contributed by atoms with Gasteiger partial charge in [-0.3, -0.25) is 9.69 Å². The molecule has 0 radical (unpaired) electrons. The second kappa shape index (κ2) is 6.34. The summed E-state index contributed by atoms with van der Waals surface area (Å²) in [5.74, 6) is -1.54. The molecule has 8 heteroatoms. The lowest BCUT2D eigenvalue weighted by Gasteiger charge is -2.16. The van der Waals surface area contributed by atoms with E-state index in [9.17, 15) is 18.4 Å². The van der Waals surface area contributed by atoms with Crippen molar-refractivity contribution in [1.29, 1.82) is 5.26 Å². The number of benzene rings is 1. The molecule has 1 N–H and O–H groups in total. The number of carbonyl (C=O) groups excluding carboxylic acids is 2. The molecule has 4 atom stereocenters. The topological polar surface area (TPSA) is 82.4 Å². The van der Waals surface area contributed by atoms with Crippen LogP contribution >= 0.6 is 0 Å². The molecule has 2 amide bonds. The Bertz CT molecular complexity index is 885. The van der Waals surface area contributed by atoms with Crippen molar-refractivity contribution in [1.82, 2.24) is 5.32 Å². The first kappa shape index (κ1) is 17.5. The number of halogens is 2. The molecule has 0 bridgehead atoms. The number of hydrogen-bond donors (Lipinski definition) is 1. The van der Waals surface area contributed by atoms with Gasteiger partial charge in [0.25, 0.3) is 0 Å². The Hall–Kier alpha value is -2.95. The number of allylic oxidation sites excluding steroid dienone is 2. The first-order valence-electron chi connectivity index (χ1n) is 8.71. The fourth-order valence-corrected chi connectivity index (χ4v) is 3.93. The van der Waals surface area contributed by atoms with Gasteiger partial charge in [0, 0.05) is 12.5 Å². The maximum absolute atomic E-state index is 14.6. The Morgan fingerprint density at radius 1 is 1.41 bits per heavy atom. The summed E-state index contributed by atoms with van der Waals surface area (Å²) < 4.78 is 34.4. The predicted molar refractivity (Wildman–Crippen MR) is 91.3 cm³/mol. The molecule has 4 rings (SSSR count). The van der Waals surface area contributed by atoms with Crippen LogP contribution in [0.25, 0.3) is 5.57 Å². The molecule has 1 saturated carbocycles. The molecule has 1 saturated heterocycles. The lowest BCUT2D eigenvalue weighted by Crippen LogP contribution is -2.33. The Morgan fingerprint density at radius 2 is 2.11 bits per heavy atom. The van der Waals surface area contributed by atoms with Crippen molar-refractivity contribution in [2.45, 2.75) is 19.4 Å². The summed E-state index contributed by atoms with van der Waals surface area (Å²) in [7, 11) is 0. The van der Waals surface area contributed by atoms with Gasteiger partial charge in [-0.25, -0.2) is 13.6 Å². The van der Waals surface area contributed by atoms with Gasteiger partial charge in [0.2, 0.25) is 5.91 Å². The van der Waals surface area contributed by atoms with E-state index in [0.717, 1.165) is 17.0 Å². The molecule has 0 aromatic heterocycles. The third kappa shape index (κ3) is 3.03. The van der Waals surface area contributed by atoms with Crippen molar-refractivity contribution in [3.05, 3.63) is 35.4 Å². The summed E-state index contributed by atoms with van der Waals surface area (Å²) in [5.41, 5.74) is 0.554. The number of ether oxygens (including phenoxy) is 1. The van der Waals surface area contributed by atoms with Crippen LogP contribution in [0, 0.1) is 40.7 Å². The predicted octanol–water partition coefficient (Wildman–Crippen LogP) is 2.60. The SMILES string of the molecule is CC(=O)NC[C@H]1CN(c2cc(F)c(C3=C[C@H]4[C@H](C#N)[C@H]4C3)c(F)c2)C(=O)O1. The zero-order valence-corrected chi connectivity index (χ0v) is 14.5. The van der Waals surface area contributed by atoms with E-state index < -0.39 is 23.8 Å². The van der Waals surface area contributed by atoms with Crippen molar-refractivity contribution in [3.8, 4) is 6.07 Å². The molecule has 1 heterocycles. The Morgan fingerprint density at radius 3 is 2.67 bits per heavy atom. The molecule has 6 nitrogen and oxygen atoms in total. The molecule has 27 heavy (non-hydrogen) atoms. The van der Waals surface area contributed by atoms with Crippen molar-refractivity contribution in [3.63, 3.8) is 0 Å². The van der Waals surface area contributed by atoms with E-state index in [1.54, 1.807) is 6.08 Å². The largest absolute Gasteiger partial charge is 0.442 e. The Kier molecular flexibility index (Phi) is 4.10. The highest BCUT2D eigenvalue weighted by atomic mass is 19.1. The van der Waals surface area contributed by atoms with Gasteiger partial charge < -0.3 is 10.1 Å². The van der Waals surface area contributed by atoms with E-state index in [-0.39, 0.29) is 48.0 Å². The molecule has 1 aromatic rings. The minimum absolute atomic E-state index is 0.0425. The normalized spacial score (nSPS) is 28.3. The number of nitrogens with zero attached hydrogens (tertiary/aromatic N) is 2. The molecule has 2 fully saturated rings. The smallest absolute Gasteiger partial charge is 0.414 e. The number of cyclic esters (lactones) is 1. The third-order valence-electron chi connectivity index (χ3n) is 5.34. The van der Waals surface area contributed by atoms with Crippen LogP contribution in [0.1, 0.15) is 18.9 Å². The van der Waals surface area contributed by atoms with Crippen LogP contribution in [-0.2, 0) is 9.53 Å². The van der Waals surface area contributed by atoms with Crippen molar-refractivity contribution < 1.29 is 23.1 Å². The maximum Gasteiger partial charge on any atom is 0.414 e. The van der Waals surface area contributed by atoms with Gasteiger partial charge in [-0.15, -0.1) is 0 Å². The Labute approximate surface area is 154 Å². The van der Waals surface area contributed by atoms with Crippen LogP contribution in [-0.4, -0.2) is 31.2 Å². The number of hydrogen-bond acceptors (Lipinski definition) is 4. The van der Waals surface area contributed by atoms with Gasteiger partial charge in [0.15, 0.2) is 0 Å². The number of carbonyl (C=O) groups is 2.